The van der Waals surface area contributed by atoms with Gasteiger partial charge in [0.1, 0.15) is 0 Å². The minimum absolute atomic E-state index is 0.00297. The zero-order chi connectivity index (χ0) is 13.7. The maximum absolute atomic E-state index is 12.5. The molecule has 0 fully saturated rings. The summed E-state index contributed by atoms with van der Waals surface area (Å²) in [5.74, 6) is 0.00297. The van der Waals surface area contributed by atoms with Crippen molar-refractivity contribution in [2.45, 2.75) is 20.3 Å². The van der Waals surface area contributed by atoms with E-state index in [2.05, 4.69) is 24.1 Å². The molecule has 0 atom stereocenters. The standard InChI is InChI=1S/C16H18N2O/c1-3-18(15-8-4-6-13(2)9-10-15)16(19)14-7-5-11-17-12-14/h4-7,9-12H,3,8H2,1-2H3. The van der Waals surface area contributed by atoms with Crippen molar-refractivity contribution in [1.82, 2.24) is 9.88 Å². The third-order valence-electron chi connectivity index (χ3n) is 3.06. The molecule has 98 valence electrons. The Morgan fingerprint density at radius 3 is 2.95 bits per heavy atom. The molecular weight excluding hydrogens is 236 g/mol. The molecule has 1 amide bonds. The number of hydrogen-bond acceptors (Lipinski definition) is 2. The van der Waals surface area contributed by atoms with Crippen molar-refractivity contribution in [3.63, 3.8) is 0 Å². The zero-order valence-electron chi connectivity index (χ0n) is 11.3. The maximum atomic E-state index is 12.5. The van der Waals surface area contributed by atoms with Crippen LogP contribution in [0.2, 0.25) is 0 Å². The van der Waals surface area contributed by atoms with Gasteiger partial charge in [0.25, 0.3) is 5.91 Å². The number of amides is 1. The molecule has 0 saturated carbocycles. The molecule has 1 aromatic heterocycles. The molecule has 19 heavy (non-hydrogen) atoms. The van der Waals surface area contributed by atoms with Gasteiger partial charge in [-0.3, -0.25) is 9.78 Å². The second-order valence-electron chi connectivity index (χ2n) is 4.47. The summed E-state index contributed by atoms with van der Waals surface area (Å²) in [6, 6.07) is 3.58. The van der Waals surface area contributed by atoms with E-state index in [1.807, 2.05) is 19.1 Å². The topological polar surface area (TPSA) is 33.2 Å². The maximum Gasteiger partial charge on any atom is 0.259 e. The molecule has 0 bridgehead atoms. The van der Waals surface area contributed by atoms with Gasteiger partial charge in [0.2, 0.25) is 0 Å². The Kier molecular flexibility index (Phi) is 4.29. The number of nitrogens with zero attached hydrogens (tertiary/aromatic N) is 2. The first-order chi connectivity index (χ1) is 9.22. The summed E-state index contributed by atoms with van der Waals surface area (Å²) in [5, 5.41) is 0. The predicted molar refractivity (Wildman–Crippen MR) is 76.5 cm³/mol. The first-order valence-electron chi connectivity index (χ1n) is 6.48. The van der Waals surface area contributed by atoms with Crippen LogP contribution >= 0.6 is 0 Å². The summed E-state index contributed by atoms with van der Waals surface area (Å²) in [7, 11) is 0. The summed E-state index contributed by atoms with van der Waals surface area (Å²) in [4.78, 5) is 18.3. The van der Waals surface area contributed by atoms with Gasteiger partial charge in [0.05, 0.1) is 5.56 Å². The molecule has 1 heterocycles. The Morgan fingerprint density at radius 2 is 2.26 bits per heavy atom. The number of hydrogen-bond donors (Lipinski definition) is 0. The fraction of sp³-hybridized carbons (Fsp3) is 0.250. The molecule has 1 aliphatic carbocycles. The molecule has 3 nitrogen and oxygen atoms in total. The lowest BCUT2D eigenvalue weighted by atomic mass is 10.2. The average Bonchev–Trinajstić information content (AvgIpc) is 2.66. The van der Waals surface area contributed by atoms with E-state index in [0.717, 1.165) is 12.1 Å². The third-order valence-corrected chi connectivity index (χ3v) is 3.06. The van der Waals surface area contributed by atoms with Gasteiger partial charge in [0, 0.05) is 31.1 Å². The minimum atomic E-state index is 0.00297. The number of allylic oxidation sites excluding steroid dienone is 5. The van der Waals surface area contributed by atoms with Crippen LogP contribution in [0.1, 0.15) is 30.6 Å². The van der Waals surface area contributed by atoms with Crippen LogP contribution in [-0.4, -0.2) is 22.3 Å². The smallest absolute Gasteiger partial charge is 0.259 e. The van der Waals surface area contributed by atoms with Gasteiger partial charge in [0.15, 0.2) is 0 Å². The highest BCUT2D eigenvalue weighted by atomic mass is 16.2. The van der Waals surface area contributed by atoms with Gasteiger partial charge in [-0.15, -0.1) is 0 Å². The Hall–Kier alpha value is -2.16. The summed E-state index contributed by atoms with van der Waals surface area (Å²) in [6.45, 7) is 4.69. The number of pyridine rings is 1. The molecule has 0 N–H and O–H groups in total. The van der Waals surface area contributed by atoms with Crippen LogP contribution in [0.5, 0.6) is 0 Å². The second-order valence-corrected chi connectivity index (χ2v) is 4.47. The summed E-state index contributed by atoms with van der Waals surface area (Å²) in [5.41, 5.74) is 2.84. The normalized spacial score (nSPS) is 14.4. The number of carbonyl (C=O) groups excluding carboxylic acids is 1. The van der Waals surface area contributed by atoms with Crippen LogP contribution in [0.3, 0.4) is 0 Å². The van der Waals surface area contributed by atoms with Gasteiger partial charge in [-0.05, 0) is 32.1 Å². The van der Waals surface area contributed by atoms with Crippen molar-refractivity contribution in [2.75, 3.05) is 6.54 Å². The zero-order valence-corrected chi connectivity index (χ0v) is 11.3. The first-order valence-corrected chi connectivity index (χ1v) is 6.48. The van der Waals surface area contributed by atoms with Crippen LogP contribution in [0.15, 0.2) is 60.1 Å². The highest BCUT2D eigenvalue weighted by molar-refractivity contribution is 5.95. The van der Waals surface area contributed by atoms with E-state index in [9.17, 15) is 4.79 Å². The van der Waals surface area contributed by atoms with Crippen molar-refractivity contribution in [3.05, 3.63) is 65.7 Å². The van der Waals surface area contributed by atoms with E-state index in [-0.39, 0.29) is 5.91 Å². The summed E-state index contributed by atoms with van der Waals surface area (Å²) in [6.07, 6.45) is 12.3. The quantitative estimate of drug-likeness (QED) is 0.829. The summed E-state index contributed by atoms with van der Waals surface area (Å²) >= 11 is 0. The lowest BCUT2D eigenvalue weighted by Gasteiger charge is -2.23. The van der Waals surface area contributed by atoms with Gasteiger partial charge in [-0.2, -0.15) is 0 Å². The fourth-order valence-corrected chi connectivity index (χ4v) is 2.04. The van der Waals surface area contributed by atoms with Gasteiger partial charge < -0.3 is 4.90 Å². The highest BCUT2D eigenvalue weighted by Gasteiger charge is 2.17. The number of carbonyl (C=O) groups is 1. The third kappa shape index (κ3) is 3.19. The van der Waals surface area contributed by atoms with E-state index in [1.165, 1.54) is 5.57 Å². The molecular formula is C16H18N2O. The van der Waals surface area contributed by atoms with Crippen LogP contribution < -0.4 is 0 Å². The van der Waals surface area contributed by atoms with Gasteiger partial charge >= 0.3 is 0 Å². The lowest BCUT2D eigenvalue weighted by Crippen LogP contribution is -2.30. The van der Waals surface area contributed by atoms with Crippen LogP contribution in [-0.2, 0) is 0 Å². The van der Waals surface area contributed by atoms with Crippen LogP contribution in [0.25, 0.3) is 0 Å². The lowest BCUT2D eigenvalue weighted by molar-refractivity contribution is 0.0809. The average molecular weight is 254 g/mol. The van der Waals surface area contributed by atoms with Gasteiger partial charge in [-0.25, -0.2) is 0 Å². The Morgan fingerprint density at radius 1 is 1.42 bits per heavy atom. The van der Waals surface area contributed by atoms with Crippen molar-refractivity contribution < 1.29 is 4.79 Å². The largest absolute Gasteiger partial charge is 0.312 e. The molecule has 0 spiro atoms. The minimum Gasteiger partial charge on any atom is -0.312 e. The van der Waals surface area contributed by atoms with Crippen molar-refractivity contribution in [2.24, 2.45) is 0 Å². The highest BCUT2D eigenvalue weighted by Crippen LogP contribution is 2.17. The second kappa shape index (κ2) is 6.14. The molecule has 0 radical (unpaired) electrons. The number of rotatable bonds is 3. The SMILES string of the molecule is CCN(C(=O)c1cccnc1)C1=CC=C(C)C=CC1. The molecule has 0 aromatic carbocycles. The van der Waals surface area contributed by atoms with Crippen molar-refractivity contribution in [3.8, 4) is 0 Å². The van der Waals surface area contributed by atoms with Gasteiger partial charge in [-0.1, -0.05) is 23.8 Å². The monoisotopic (exact) mass is 254 g/mol. The Bertz CT molecular complexity index is 541. The Balaban J connectivity index is 2.26. The van der Waals surface area contributed by atoms with Crippen LogP contribution in [0, 0.1) is 0 Å². The van der Waals surface area contributed by atoms with Crippen molar-refractivity contribution >= 4 is 5.91 Å². The van der Waals surface area contributed by atoms with E-state index in [4.69, 9.17) is 0 Å². The molecule has 2 rings (SSSR count). The molecule has 1 aliphatic rings. The molecule has 0 aliphatic heterocycles. The molecule has 0 saturated heterocycles. The van der Waals surface area contributed by atoms with E-state index < -0.39 is 0 Å². The van der Waals surface area contributed by atoms with E-state index >= 15 is 0 Å². The Labute approximate surface area is 114 Å². The predicted octanol–water partition coefficient (Wildman–Crippen LogP) is 3.33. The fourth-order valence-electron chi connectivity index (χ4n) is 2.04. The van der Waals surface area contributed by atoms with Crippen molar-refractivity contribution in [1.29, 1.82) is 0 Å². The van der Waals surface area contributed by atoms with E-state index in [0.29, 0.717) is 12.1 Å². The summed E-state index contributed by atoms with van der Waals surface area (Å²) < 4.78 is 0. The first kappa shape index (κ1) is 13.3. The molecule has 3 heteroatoms. The van der Waals surface area contributed by atoms with Crippen LogP contribution in [0.4, 0.5) is 0 Å². The molecule has 0 unspecified atom stereocenters. The number of aromatic nitrogens is 1. The molecule has 1 aromatic rings. The van der Waals surface area contributed by atoms with E-state index in [1.54, 1.807) is 29.4 Å².